The van der Waals surface area contributed by atoms with Gasteiger partial charge in [0.05, 0.1) is 11.4 Å². The molecule has 0 aromatic carbocycles. The number of hydrogen-bond donors (Lipinski definition) is 0. The molecule has 0 amide bonds. The van der Waals surface area contributed by atoms with Crippen LogP contribution in [0.25, 0.3) is 0 Å². The molecule has 2 heterocycles. The summed E-state index contributed by atoms with van der Waals surface area (Å²) in [7, 11) is 1.91. The van der Waals surface area contributed by atoms with E-state index in [0.717, 1.165) is 23.6 Å². The first-order valence-corrected chi connectivity index (χ1v) is 6.20. The highest BCUT2D eigenvalue weighted by atomic mass is 35.5. The van der Waals surface area contributed by atoms with E-state index in [1.165, 1.54) is 0 Å². The van der Waals surface area contributed by atoms with Crippen LogP contribution in [-0.4, -0.2) is 33.6 Å². The zero-order valence-corrected chi connectivity index (χ0v) is 10.1. The van der Waals surface area contributed by atoms with Gasteiger partial charge in [-0.1, -0.05) is 0 Å². The van der Waals surface area contributed by atoms with E-state index in [0.29, 0.717) is 12.4 Å². The highest BCUT2D eigenvalue weighted by Crippen LogP contribution is 2.32. The Balaban J connectivity index is 2.13. The number of nitrogens with zero attached hydrogens (tertiary/aromatic N) is 2. The third-order valence-electron chi connectivity index (χ3n) is 2.39. The molecular formula is C10H13ClN2OS. The number of Topliss-reactive ketones (excluding diaryl/α,β-unsaturated/α-hetero) is 1. The number of halogens is 1. The summed E-state index contributed by atoms with van der Waals surface area (Å²) in [6.07, 6.45) is 2.85. The normalized spacial score (nSPS) is 16.8. The SMILES string of the molecule is Cn1ccc2c1C(=O)CN(CCCCl)S2. The molecule has 82 valence electrons. The Morgan fingerprint density at radius 1 is 1.60 bits per heavy atom. The summed E-state index contributed by atoms with van der Waals surface area (Å²) >= 11 is 7.29. The van der Waals surface area contributed by atoms with Crippen LogP contribution in [0.15, 0.2) is 17.2 Å². The number of ketones is 1. The first kappa shape index (κ1) is 11.0. The molecule has 2 rings (SSSR count). The molecule has 1 aliphatic heterocycles. The molecule has 0 fully saturated rings. The van der Waals surface area contributed by atoms with Crippen LogP contribution in [0, 0.1) is 0 Å². The lowest BCUT2D eigenvalue weighted by Crippen LogP contribution is -2.30. The van der Waals surface area contributed by atoms with Crippen molar-refractivity contribution in [1.29, 1.82) is 0 Å². The first-order chi connectivity index (χ1) is 7.22. The summed E-state index contributed by atoms with van der Waals surface area (Å²) in [5.41, 5.74) is 0.835. The third kappa shape index (κ3) is 2.22. The maximum atomic E-state index is 11.8. The topological polar surface area (TPSA) is 25.2 Å². The van der Waals surface area contributed by atoms with Crippen LogP contribution in [0.1, 0.15) is 16.9 Å². The number of aromatic nitrogens is 1. The highest BCUT2D eigenvalue weighted by molar-refractivity contribution is 7.97. The molecule has 1 aromatic heterocycles. The molecular weight excluding hydrogens is 232 g/mol. The number of hydrogen-bond acceptors (Lipinski definition) is 3. The average molecular weight is 245 g/mol. The number of carbonyl (C=O) groups excluding carboxylic acids is 1. The van der Waals surface area contributed by atoms with Crippen molar-refractivity contribution in [3.8, 4) is 0 Å². The van der Waals surface area contributed by atoms with Crippen molar-refractivity contribution in [3.05, 3.63) is 18.0 Å². The maximum absolute atomic E-state index is 11.8. The molecule has 0 radical (unpaired) electrons. The number of carbonyl (C=O) groups is 1. The van der Waals surface area contributed by atoms with Gasteiger partial charge < -0.3 is 4.57 Å². The van der Waals surface area contributed by atoms with Crippen molar-refractivity contribution in [2.24, 2.45) is 7.05 Å². The predicted molar refractivity (Wildman–Crippen MR) is 62.5 cm³/mol. The lowest BCUT2D eigenvalue weighted by molar-refractivity contribution is 0.0954. The summed E-state index contributed by atoms with van der Waals surface area (Å²) < 4.78 is 3.97. The minimum atomic E-state index is 0.200. The van der Waals surface area contributed by atoms with Crippen molar-refractivity contribution in [2.75, 3.05) is 19.0 Å². The van der Waals surface area contributed by atoms with Gasteiger partial charge in [0.1, 0.15) is 5.69 Å². The Kier molecular flexibility index (Phi) is 3.38. The lowest BCUT2D eigenvalue weighted by atomic mass is 10.2. The van der Waals surface area contributed by atoms with Crippen LogP contribution in [0.2, 0.25) is 0 Å². The smallest absolute Gasteiger partial charge is 0.195 e. The Morgan fingerprint density at radius 3 is 3.13 bits per heavy atom. The number of alkyl halides is 1. The molecule has 0 saturated heterocycles. The van der Waals surface area contributed by atoms with Crippen molar-refractivity contribution >= 4 is 29.3 Å². The molecule has 0 spiro atoms. The van der Waals surface area contributed by atoms with Gasteiger partial charge in [0.2, 0.25) is 0 Å². The highest BCUT2D eigenvalue weighted by Gasteiger charge is 2.25. The van der Waals surface area contributed by atoms with Crippen molar-refractivity contribution in [2.45, 2.75) is 11.3 Å². The quantitative estimate of drug-likeness (QED) is 0.602. The van der Waals surface area contributed by atoms with Gasteiger partial charge in [-0.25, -0.2) is 4.31 Å². The van der Waals surface area contributed by atoms with Crippen LogP contribution in [0.5, 0.6) is 0 Å². The Hall–Kier alpha value is -0.450. The first-order valence-electron chi connectivity index (χ1n) is 4.90. The summed E-state index contributed by atoms with van der Waals surface area (Å²) in [5, 5.41) is 0. The number of rotatable bonds is 3. The molecule has 0 saturated carbocycles. The van der Waals surface area contributed by atoms with E-state index in [2.05, 4.69) is 4.31 Å². The largest absolute Gasteiger partial charge is 0.347 e. The third-order valence-corrected chi connectivity index (χ3v) is 3.75. The minimum Gasteiger partial charge on any atom is -0.347 e. The van der Waals surface area contributed by atoms with Crippen LogP contribution < -0.4 is 0 Å². The molecule has 1 aliphatic rings. The van der Waals surface area contributed by atoms with Gasteiger partial charge >= 0.3 is 0 Å². The van der Waals surface area contributed by atoms with Gasteiger partial charge in [0, 0.05) is 25.7 Å². The van der Waals surface area contributed by atoms with Crippen LogP contribution in [0.4, 0.5) is 0 Å². The van der Waals surface area contributed by atoms with E-state index in [4.69, 9.17) is 11.6 Å². The van der Waals surface area contributed by atoms with Crippen LogP contribution >= 0.6 is 23.5 Å². The second-order valence-corrected chi connectivity index (χ2v) is 5.08. The predicted octanol–water partition coefficient (Wildman–Crippen LogP) is 2.16. The molecule has 1 aromatic rings. The van der Waals surface area contributed by atoms with Gasteiger partial charge in [-0.05, 0) is 24.4 Å². The van der Waals surface area contributed by atoms with Gasteiger partial charge in [0.15, 0.2) is 5.78 Å². The average Bonchev–Trinajstić information content (AvgIpc) is 2.58. The van der Waals surface area contributed by atoms with E-state index in [-0.39, 0.29) is 5.78 Å². The van der Waals surface area contributed by atoms with Crippen LogP contribution in [-0.2, 0) is 7.05 Å². The van der Waals surface area contributed by atoms with E-state index in [1.54, 1.807) is 11.9 Å². The van der Waals surface area contributed by atoms with Gasteiger partial charge in [-0.15, -0.1) is 11.6 Å². The second-order valence-electron chi connectivity index (χ2n) is 3.56. The fraction of sp³-hybridized carbons (Fsp3) is 0.500. The van der Waals surface area contributed by atoms with Crippen LogP contribution in [0.3, 0.4) is 0 Å². The van der Waals surface area contributed by atoms with Gasteiger partial charge in [-0.2, -0.15) is 0 Å². The maximum Gasteiger partial charge on any atom is 0.195 e. The summed E-state index contributed by atoms with van der Waals surface area (Å²) in [6, 6.07) is 1.99. The second kappa shape index (κ2) is 4.60. The molecule has 15 heavy (non-hydrogen) atoms. The molecule has 0 N–H and O–H groups in total. The van der Waals surface area contributed by atoms with Crippen molar-refractivity contribution < 1.29 is 4.79 Å². The molecule has 0 atom stereocenters. The molecule has 5 heteroatoms. The van der Waals surface area contributed by atoms with Gasteiger partial charge in [-0.3, -0.25) is 4.79 Å². The molecule has 3 nitrogen and oxygen atoms in total. The zero-order valence-electron chi connectivity index (χ0n) is 8.57. The summed E-state index contributed by atoms with van der Waals surface area (Å²) in [6.45, 7) is 1.36. The van der Waals surface area contributed by atoms with Gasteiger partial charge in [0.25, 0.3) is 0 Å². The summed E-state index contributed by atoms with van der Waals surface area (Å²) in [4.78, 5) is 12.9. The fourth-order valence-electron chi connectivity index (χ4n) is 1.68. The van der Waals surface area contributed by atoms with E-state index < -0.39 is 0 Å². The molecule has 0 bridgehead atoms. The van der Waals surface area contributed by atoms with E-state index in [1.807, 2.05) is 23.9 Å². The number of aryl methyl sites for hydroxylation is 1. The molecule has 0 unspecified atom stereocenters. The minimum absolute atomic E-state index is 0.200. The lowest BCUT2D eigenvalue weighted by Gasteiger charge is -2.24. The van der Waals surface area contributed by atoms with Crippen molar-refractivity contribution in [1.82, 2.24) is 8.87 Å². The Bertz CT molecular complexity index is 377. The fourth-order valence-corrected chi connectivity index (χ4v) is 2.95. The van der Waals surface area contributed by atoms with Crippen molar-refractivity contribution in [3.63, 3.8) is 0 Å². The monoisotopic (exact) mass is 244 g/mol. The summed E-state index contributed by atoms with van der Waals surface area (Å²) in [5.74, 6) is 0.846. The zero-order chi connectivity index (χ0) is 10.8. The Labute approximate surface area is 98.5 Å². The Morgan fingerprint density at radius 2 is 2.40 bits per heavy atom. The number of fused-ring (bicyclic) bond motifs is 1. The van der Waals surface area contributed by atoms with E-state index >= 15 is 0 Å². The standard InChI is InChI=1S/C10H13ClN2OS/c1-12-6-3-9-10(12)8(14)7-13(15-9)5-2-4-11/h3,6H,2,4-5,7H2,1H3. The molecule has 0 aliphatic carbocycles. The van der Waals surface area contributed by atoms with E-state index in [9.17, 15) is 4.79 Å².